The Labute approximate surface area is 129 Å². The van der Waals surface area contributed by atoms with Gasteiger partial charge in [0.2, 0.25) is 0 Å². The molecule has 0 spiro atoms. The van der Waals surface area contributed by atoms with E-state index in [1.54, 1.807) is 17.8 Å². The van der Waals surface area contributed by atoms with Crippen molar-refractivity contribution in [1.29, 1.82) is 0 Å². The van der Waals surface area contributed by atoms with Gasteiger partial charge in [0.25, 0.3) is 0 Å². The summed E-state index contributed by atoms with van der Waals surface area (Å²) in [6, 6.07) is 3.60. The van der Waals surface area contributed by atoms with Gasteiger partial charge in [0.05, 0.1) is 18.8 Å². The molecule has 6 heteroatoms. The number of benzene rings is 1. The van der Waals surface area contributed by atoms with Gasteiger partial charge >= 0.3 is 5.97 Å². The molecule has 1 fully saturated rings. The number of carboxylic acid groups (broad SMARTS) is 1. The first-order chi connectivity index (χ1) is 10.0. The number of aromatic carboxylic acids is 1. The third-order valence-corrected chi connectivity index (χ3v) is 4.69. The van der Waals surface area contributed by atoms with E-state index in [1.807, 2.05) is 26.3 Å². The highest BCUT2D eigenvalue weighted by molar-refractivity contribution is 7.98. The van der Waals surface area contributed by atoms with Crippen molar-refractivity contribution in [1.82, 2.24) is 10.0 Å². The summed E-state index contributed by atoms with van der Waals surface area (Å²) in [7, 11) is 2.04. The molecule has 21 heavy (non-hydrogen) atoms. The van der Waals surface area contributed by atoms with Crippen molar-refractivity contribution in [3.63, 3.8) is 0 Å². The van der Waals surface area contributed by atoms with Crippen LogP contribution in [0, 0.1) is 6.92 Å². The fourth-order valence-electron chi connectivity index (χ4n) is 2.58. The van der Waals surface area contributed by atoms with Crippen LogP contribution in [0.4, 0.5) is 0 Å². The van der Waals surface area contributed by atoms with E-state index in [-0.39, 0.29) is 0 Å². The molecule has 1 aliphatic heterocycles. The minimum absolute atomic E-state index is 0.387. The summed E-state index contributed by atoms with van der Waals surface area (Å²) in [6.45, 7) is 5.85. The van der Waals surface area contributed by atoms with Crippen molar-refractivity contribution in [3.05, 3.63) is 28.8 Å². The molecule has 116 valence electrons. The van der Waals surface area contributed by atoms with Crippen molar-refractivity contribution in [2.24, 2.45) is 0 Å². The first kappa shape index (κ1) is 16.3. The quantitative estimate of drug-likeness (QED) is 0.841. The van der Waals surface area contributed by atoms with Crippen molar-refractivity contribution >= 4 is 17.7 Å². The summed E-state index contributed by atoms with van der Waals surface area (Å²) in [5.74, 6) is -0.865. The van der Waals surface area contributed by atoms with Crippen molar-refractivity contribution in [2.45, 2.75) is 18.4 Å². The van der Waals surface area contributed by atoms with Gasteiger partial charge in [0.1, 0.15) is 0 Å². The van der Waals surface area contributed by atoms with Gasteiger partial charge in [-0.1, -0.05) is 0 Å². The fourth-order valence-corrected chi connectivity index (χ4v) is 3.24. The second-order valence-electron chi connectivity index (χ2n) is 5.11. The Balaban J connectivity index is 2.24. The first-order valence-electron chi connectivity index (χ1n) is 6.98. The first-order valence-corrected chi connectivity index (χ1v) is 8.20. The Morgan fingerprint density at radius 1 is 1.43 bits per heavy atom. The molecule has 0 bridgehead atoms. The van der Waals surface area contributed by atoms with Gasteiger partial charge in [-0.2, -0.15) is 0 Å². The number of rotatable bonds is 5. The summed E-state index contributed by atoms with van der Waals surface area (Å²) < 4.78 is 5.37. The maximum absolute atomic E-state index is 11.3. The zero-order valence-electron chi connectivity index (χ0n) is 12.8. The number of ether oxygens (including phenoxy) is 1. The van der Waals surface area contributed by atoms with Crippen molar-refractivity contribution < 1.29 is 14.6 Å². The van der Waals surface area contributed by atoms with Crippen LogP contribution >= 0.6 is 11.8 Å². The molecule has 5 nitrogen and oxygen atoms in total. The number of carbonyl (C=O) groups is 1. The lowest BCUT2D eigenvalue weighted by atomic mass is 10.0. The zero-order valence-corrected chi connectivity index (χ0v) is 13.6. The molecule has 0 radical (unpaired) electrons. The topological polar surface area (TPSA) is 53.0 Å². The number of carboxylic acids is 1. The molecule has 1 aliphatic rings. The van der Waals surface area contributed by atoms with Gasteiger partial charge in [0, 0.05) is 31.6 Å². The monoisotopic (exact) mass is 310 g/mol. The highest BCUT2D eigenvalue weighted by atomic mass is 32.2. The molecule has 0 aliphatic carbocycles. The molecular weight excluding hydrogens is 288 g/mol. The van der Waals surface area contributed by atoms with Crippen LogP contribution in [-0.2, 0) is 11.3 Å². The Bertz CT molecular complexity index is 516. The number of thioether (sulfide) groups is 1. The van der Waals surface area contributed by atoms with Gasteiger partial charge in [-0.15, -0.1) is 11.8 Å². The minimum Gasteiger partial charge on any atom is -0.478 e. The van der Waals surface area contributed by atoms with Crippen LogP contribution < -0.4 is 0 Å². The SMILES string of the molecule is CSc1ccc(C(=O)O)c(C)c1CN(C)N1CCOCC1. The second-order valence-corrected chi connectivity index (χ2v) is 5.95. The molecule has 0 unspecified atom stereocenters. The van der Waals surface area contributed by atoms with Crippen LogP contribution in [-0.4, -0.2) is 60.7 Å². The summed E-state index contributed by atoms with van der Waals surface area (Å²) in [5.41, 5.74) is 2.34. The maximum Gasteiger partial charge on any atom is 0.335 e. The second kappa shape index (κ2) is 7.26. The lowest BCUT2D eigenvalue weighted by Crippen LogP contribution is -2.46. The number of hydrogen-bond donors (Lipinski definition) is 1. The van der Waals surface area contributed by atoms with Crippen LogP contribution in [0.25, 0.3) is 0 Å². The molecule has 0 amide bonds. The summed E-state index contributed by atoms with van der Waals surface area (Å²) in [4.78, 5) is 12.5. The van der Waals surface area contributed by atoms with Crippen molar-refractivity contribution in [2.75, 3.05) is 39.6 Å². The van der Waals surface area contributed by atoms with Crippen LogP contribution in [0.15, 0.2) is 17.0 Å². The molecule has 0 saturated carbocycles. The summed E-state index contributed by atoms with van der Waals surface area (Å²) in [5, 5.41) is 13.7. The fraction of sp³-hybridized carbons (Fsp3) is 0.533. The zero-order chi connectivity index (χ0) is 15.4. The molecule has 1 aromatic rings. The molecular formula is C15H22N2O3S. The van der Waals surface area contributed by atoms with Crippen LogP contribution in [0.2, 0.25) is 0 Å². The summed E-state index contributed by atoms with van der Waals surface area (Å²) in [6.07, 6.45) is 2.02. The van der Waals surface area contributed by atoms with Gasteiger partial charge in [-0.05, 0) is 36.4 Å². The van der Waals surface area contributed by atoms with E-state index >= 15 is 0 Å². The minimum atomic E-state index is -0.865. The van der Waals surface area contributed by atoms with E-state index in [4.69, 9.17) is 4.74 Å². The number of morpholine rings is 1. The third-order valence-electron chi connectivity index (χ3n) is 3.86. The Kier molecular flexibility index (Phi) is 5.64. The van der Waals surface area contributed by atoms with Gasteiger partial charge in [-0.3, -0.25) is 0 Å². The lowest BCUT2D eigenvalue weighted by molar-refractivity contribution is -0.0805. The van der Waals surface area contributed by atoms with Gasteiger partial charge in [-0.25, -0.2) is 14.8 Å². The smallest absolute Gasteiger partial charge is 0.335 e. The van der Waals surface area contributed by atoms with E-state index in [0.717, 1.165) is 42.3 Å². The lowest BCUT2D eigenvalue weighted by Gasteiger charge is -2.35. The largest absolute Gasteiger partial charge is 0.478 e. The number of hydrazine groups is 1. The van der Waals surface area contributed by atoms with Crippen LogP contribution in [0.5, 0.6) is 0 Å². The highest BCUT2D eigenvalue weighted by Crippen LogP contribution is 2.27. The molecule has 1 N–H and O–H groups in total. The van der Waals surface area contributed by atoms with E-state index in [0.29, 0.717) is 12.1 Å². The normalized spacial score (nSPS) is 16.4. The van der Waals surface area contributed by atoms with E-state index in [9.17, 15) is 9.90 Å². The number of hydrogen-bond acceptors (Lipinski definition) is 5. The summed E-state index contributed by atoms with van der Waals surface area (Å²) >= 11 is 1.66. The average Bonchev–Trinajstić information content (AvgIpc) is 2.49. The molecule has 1 aromatic carbocycles. The Morgan fingerprint density at radius 2 is 2.10 bits per heavy atom. The van der Waals surface area contributed by atoms with Crippen LogP contribution in [0.3, 0.4) is 0 Å². The molecule has 1 heterocycles. The molecule has 1 saturated heterocycles. The Hall–Kier alpha value is -1.08. The predicted molar refractivity (Wildman–Crippen MR) is 83.8 cm³/mol. The van der Waals surface area contributed by atoms with Gasteiger partial charge in [0.15, 0.2) is 0 Å². The third kappa shape index (κ3) is 3.77. The molecule has 0 atom stereocenters. The van der Waals surface area contributed by atoms with Crippen LogP contribution in [0.1, 0.15) is 21.5 Å². The average molecular weight is 310 g/mol. The molecule has 0 aromatic heterocycles. The predicted octanol–water partition coefficient (Wildman–Crippen LogP) is 2.09. The Morgan fingerprint density at radius 3 is 2.67 bits per heavy atom. The van der Waals surface area contributed by atoms with Crippen molar-refractivity contribution in [3.8, 4) is 0 Å². The van der Waals surface area contributed by atoms with Gasteiger partial charge < -0.3 is 9.84 Å². The van der Waals surface area contributed by atoms with E-state index in [1.165, 1.54) is 0 Å². The van der Waals surface area contributed by atoms with E-state index in [2.05, 4.69) is 10.0 Å². The highest BCUT2D eigenvalue weighted by Gasteiger charge is 2.19. The van der Waals surface area contributed by atoms with E-state index < -0.39 is 5.97 Å². The standard InChI is InChI=1S/C15H22N2O3S/c1-11-12(15(18)19)4-5-14(21-3)13(11)10-16(2)17-6-8-20-9-7-17/h4-5H,6-10H2,1-3H3,(H,18,19). The maximum atomic E-state index is 11.3. The number of nitrogens with zero attached hydrogens (tertiary/aromatic N) is 2. The molecule has 2 rings (SSSR count).